The summed E-state index contributed by atoms with van der Waals surface area (Å²) in [7, 11) is 1.89. The Balaban J connectivity index is 2.07. The first kappa shape index (κ1) is 18.3. The lowest BCUT2D eigenvalue weighted by atomic mass is 9.97. The van der Waals surface area contributed by atoms with Crippen LogP contribution in [0.5, 0.6) is 0 Å². The zero-order valence-corrected chi connectivity index (χ0v) is 15.9. The molecular weight excluding hydrogens is 304 g/mol. The van der Waals surface area contributed by atoms with E-state index < -0.39 is 0 Å². The van der Waals surface area contributed by atoms with Crippen molar-refractivity contribution in [2.45, 2.75) is 57.4 Å². The maximum atomic E-state index is 12.7. The molecule has 3 atom stereocenters. The van der Waals surface area contributed by atoms with Gasteiger partial charge in [-0.25, -0.2) is 0 Å². The zero-order valence-electron chi connectivity index (χ0n) is 15.1. The fraction of sp³-hybridized carbons (Fsp3) is 0.632. The third kappa shape index (κ3) is 4.51. The van der Waals surface area contributed by atoms with Crippen LogP contribution in [0.4, 0.5) is 5.69 Å². The van der Waals surface area contributed by atoms with Gasteiger partial charge in [0.1, 0.15) is 0 Å². The quantitative estimate of drug-likeness (QED) is 0.800. The van der Waals surface area contributed by atoms with Gasteiger partial charge in [0, 0.05) is 30.1 Å². The number of nitrogens with zero attached hydrogens (tertiary/aromatic N) is 2. The van der Waals surface area contributed by atoms with Gasteiger partial charge in [-0.05, 0) is 57.6 Å². The number of thioether (sulfide) groups is 1. The average molecular weight is 335 g/mol. The molecule has 3 unspecified atom stereocenters. The van der Waals surface area contributed by atoms with Crippen molar-refractivity contribution < 1.29 is 4.79 Å². The number of benzene rings is 1. The van der Waals surface area contributed by atoms with Gasteiger partial charge in [-0.2, -0.15) is 11.8 Å². The van der Waals surface area contributed by atoms with Crippen LogP contribution in [0.1, 0.15) is 50.8 Å². The maximum Gasteiger partial charge on any atom is 0.240 e. The molecule has 1 fully saturated rings. The van der Waals surface area contributed by atoms with E-state index in [9.17, 15) is 4.79 Å². The van der Waals surface area contributed by atoms with Gasteiger partial charge in [0.25, 0.3) is 0 Å². The van der Waals surface area contributed by atoms with Crippen molar-refractivity contribution in [2.24, 2.45) is 0 Å². The first-order valence-corrected chi connectivity index (χ1v) is 9.88. The molecule has 0 aliphatic carbocycles. The summed E-state index contributed by atoms with van der Waals surface area (Å²) in [5.74, 6) is 0.180. The van der Waals surface area contributed by atoms with Crippen molar-refractivity contribution >= 4 is 23.4 Å². The van der Waals surface area contributed by atoms with Gasteiger partial charge in [0.05, 0.1) is 6.54 Å². The number of hydrogen-bond donors (Lipinski definition) is 0. The summed E-state index contributed by atoms with van der Waals surface area (Å²) in [4.78, 5) is 16.9. The summed E-state index contributed by atoms with van der Waals surface area (Å²) in [5, 5.41) is 0.445. The van der Waals surface area contributed by atoms with E-state index in [4.69, 9.17) is 0 Å². The minimum absolute atomic E-state index is 0.180. The minimum atomic E-state index is 0.180. The summed E-state index contributed by atoms with van der Waals surface area (Å²) < 4.78 is 0. The molecular formula is C19H30N2OS. The summed E-state index contributed by atoms with van der Waals surface area (Å²) >= 11 is 1.82. The fourth-order valence-electron chi connectivity index (χ4n) is 3.32. The lowest BCUT2D eigenvalue weighted by Gasteiger charge is -2.39. The summed E-state index contributed by atoms with van der Waals surface area (Å²) in [6, 6.07) is 9.35. The normalized spacial score (nSPS) is 23.5. The lowest BCUT2D eigenvalue weighted by molar-refractivity contribution is -0.121. The van der Waals surface area contributed by atoms with Gasteiger partial charge < -0.3 is 4.90 Å². The van der Waals surface area contributed by atoms with Gasteiger partial charge in [-0.3, -0.25) is 9.69 Å². The van der Waals surface area contributed by atoms with Crippen LogP contribution in [0, 0.1) is 0 Å². The van der Waals surface area contributed by atoms with Crippen LogP contribution >= 0.6 is 11.8 Å². The molecule has 0 saturated carbocycles. The van der Waals surface area contributed by atoms with Gasteiger partial charge in [-0.15, -0.1) is 0 Å². The molecule has 1 heterocycles. The molecule has 0 spiro atoms. The Labute approximate surface area is 145 Å². The summed E-state index contributed by atoms with van der Waals surface area (Å²) in [5.41, 5.74) is 2.26. The highest BCUT2D eigenvalue weighted by molar-refractivity contribution is 7.98. The molecule has 1 aliphatic heterocycles. The molecule has 0 bridgehead atoms. The van der Waals surface area contributed by atoms with Crippen molar-refractivity contribution in [1.29, 1.82) is 0 Å². The van der Waals surface area contributed by atoms with Crippen LogP contribution in [0.2, 0.25) is 0 Å². The number of carbonyl (C=O) groups is 1. The molecule has 3 nitrogen and oxygen atoms in total. The molecule has 1 aromatic carbocycles. The Morgan fingerprint density at radius 1 is 1.35 bits per heavy atom. The number of hydrogen-bond acceptors (Lipinski definition) is 3. The van der Waals surface area contributed by atoms with Crippen molar-refractivity contribution in [3.63, 3.8) is 0 Å². The van der Waals surface area contributed by atoms with Crippen LogP contribution in [-0.2, 0) is 4.79 Å². The molecule has 23 heavy (non-hydrogen) atoms. The molecule has 2 rings (SSSR count). The molecule has 4 heteroatoms. The first-order valence-electron chi connectivity index (χ1n) is 8.59. The number of anilines is 1. The molecule has 1 aliphatic rings. The highest BCUT2D eigenvalue weighted by Gasteiger charge is 2.27. The van der Waals surface area contributed by atoms with E-state index in [2.05, 4.69) is 44.1 Å². The number of carbonyl (C=O) groups excluding carboxylic acids is 1. The van der Waals surface area contributed by atoms with Crippen LogP contribution in [-0.4, -0.2) is 42.7 Å². The predicted octanol–water partition coefficient (Wildman–Crippen LogP) is 4.34. The topological polar surface area (TPSA) is 23.6 Å². The van der Waals surface area contributed by atoms with Crippen LogP contribution < -0.4 is 4.90 Å². The average Bonchev–Trinajstić information content (AvgIpc) is 2.56. The molecule has 1 amide bonds. The summed E-state index contributed by atoms with van der Waals surface area (Å²) in [6.45, 7) is 7.19. The van der Waals surface area contributed by atoms with Gasteiger partial charge in [-0.1, -0.05) is 18.6 Å². The Bertz CT molecular complexity index is 524. The van der Waals surface area contributed by atoms with E-state index in [-0.39, 0.29) is 5.91 Å². The molecule has 0 N–H and O–H groups in total. The zero-order chi connectivity index (χ0) is 17.0. The van der Waals surface area contributed by atoms with E-state index >= 15 is 0 Å². The van der Waals surface area contributed by atoms with Gasteiger partial charge in [0.15, 0.2) is 0 Å². The van der Waals surface area contributed by atoms with E-state index in [1.54, 1.807) is 0 Å². The standard InChI is InChI=1S/C19H30N2OS/c1-14-8-6-9-15(2)21(14)13-19(22)20(4)18-11-7-10-17(12-18)16(3)23-5/h7,10-12,14-16H,6,8-9,13H2,1-5H3. The molecule has 128 valence electrons. The van der Waals surface area contributed by atoms with Crippen molar-refractivity contribution in [3.8, 4) is 0 Å². The molecule has 1 saturated heterocycles. The number of amides is 1. The van der Waals surface area contributed by atoms with E-state index in [0.29, 0.717) is 23.9 Å². The SMILES string of the molecule is CSC(C)c1cccc(N(C)C(=O)CN2C(C)CCCC2C)c1. The van der Waals surface area contributed by atoms with Crippen LogP contribution in [0.3, 0.4) is 0 Å². The molecule has 0 radical (unpaired) electrons. The third-order valence-electron chi connectivity index (χ3n) is 5.15. The first-order chi connectivity index (χ1) is 10.9. The largest absolute Gasteiger partial charge is 0.314 e. The number of rotatable bonds is 5. The second kappa shape index (κ2) is 8.20. The van der Waals surface area contributed by atoms with E-state index in [1.165, 1.54) is 24.8 Å². The lowest BCUT2D eigenvalue weighted by Crippen LogP contribution is -2.49. The number of likely N-dealkylation sites (tertiary alicyclic amines) is 1. The minimum Gasteiger partial charge on any atom is -0.314 e. The van der Waals surface area contributed by atoms with E-state index in [1.807, 2.05) is 35.8 Å². The number of likely N-dealkylation sites (N-methyl/N-ethyl adjacent to an activating group) is 1. The Morgan fingerprint density at radius 2 is 2.00 bits per heavy atom. The maximum absolute atomic E-state index is 12.7. The fourth-order valence-corrected chi connectivity index (χ4v) is 3.73. The predicted molar refractivity (Wildman–Crippen MR) is 101 cm³/mol. The van der Waals surface area contributed by atoms with Gasteiger partial charge in [0.2, 0.25) is 5.91 Å². The van der Waals surface area contributed by atoms with Crippen molar-refractivity contribution in [1.82, 2.24) is 4.90 Å². The number of piperidine rings is 1. The third-order valence-corrected chi connectivity index (χ3v) is 6.13. The Hall–Kier alpha value is -1.00. The van der Waals surface area contributed by atoms with Crippen molar-refractivity contribution in [2.75, 3.05) is 24.7 Å². The van der Waals surface area contributed by atoms with Crippen LogP contribution in [0.15, 0.2) is 24.3 Å². The van der Waals surface area contributed by atoms with Crippen LogP contribution in [0.25, 0.3) is 0 Å². The van der Waals surface area contributed by atoms with Crippen molar-refractivity contribution in [3.05, 3.63) is 29.8 Å². The Morgan fingerprint density at radius 3 is 2.61 bits per heavy atom. The van der Waals surface area contributed by atoms with Gasteiger partial charge >= 0.3 is 0 Å². The smallest absolute Gasteiger partial charge is 0.240 e. The Kier molecular flexibility index (Phi) is 6.54. The second-order valence-corrected chi connectivity index (χ2v) is 7.91. The molecule has 1 aromatic rings. The monoisotopic (exact) mass is 334 g/mol. The highest BCUT2D eigenvalue weighted by Crippen LogP contribution is 2.28. The molecule has 0 aromatic heterocycles. The summed E-state index contributed by atoms with van der Waals surface area (Å²) in [6.07, 6.45) is 5.78. The highest BCUT2D eigenvalue weighted by atomic mass is 32.2. The second-order valence-electron chi connectivity index (χ2n) is 6.73. The van der Waals surface area contributed by atoms with E-state index in [0.717, 1.165) is 5.69 Å².